The summed E-state index contributed by atoms with van der Waals surface area (Å²) in [6.07, 6.45) is 0. The first-order chi connectivity index (χ1) is 9.13. The van der Waals surface area contributed by atoms with E-state index >= 15 is 0 Å². The van der Waals surface area contributed by atoms with Gasteiger partial charge in [-0.2, -0.15) is 0 Å². The zero-order valence-electron chi connectivity index (χ0n) is 10.5. The molecule has 1 aliphatic rings. The summed E-state index contributed by atoms with van der Waals surface area (Å²) in [4.78, 5) is 16.2. The smallest absolute Gasteiger partial charge is 0.255 e. The standard InChI is InChI=1S/C13H16Cl2N2O2/c14-11-3-1-2-10(12(11)15)13(19)17-6-4-16(5-7-17)8-9-18/h1-3,18H,4-9H2. The van der Waals surface area contributed by atoms with Crippen LogP contribution in [0.3, 0.4) is 0 Å². The van der Waals surface area contributed by atoms with Crippen molar-refractivity contribution in [3.63, 3.8) is 0 Å². The van der Waals surface area contributed by atoms with Gasteiger partial charge in [-0.3, -0.25) is 9.69 Å². The third kappa shape index (κ3) is 3.39. The van der Waals surface area contributed by atoms with Gasteiger partial charge in [0.05, 0.1) is 22.2 Å². The van der Waals surface area contributed by atoms with Crippen molar-refractivity contribution >= 4 is 29.1 Å². The topological polar surface area (TPSA) is 43.8 Å². The molecule has 0 bridgehead atoms. The van der Waals surface area contributed by atoms with E-state index in [9.17, 15) is 4.79 Å². The van der Waals surface area contributed by atoms with Crippen LogP contribution in [0.25, 0.3) is 0 Å². The van der Waals surface area contributed by atoms with Crippen LogP contribution in [0.4, 0.5) is 0 Å². The van der Waals surface area contributed by atoms with Gasteiger partial charge >= 0.3 is 0 Å². The van der Waals surface area contributed by atoms with Gasteiger partial charge < -0.3 is 10.0 Å². The molecule has 0 unspecified atom stereocenters. The van der Waals surface area contributed by atoms with Crippen molar-refractivity contribution in [2.45, 2.75) is 0 Å². The second kappa shape index (κ2) is 6.57. The Morgan fingerprint density at radius 3 is 2.53 bits per heavy atom. The summed E-state index contributed by atoms with van der Waals surface area (Å²) in [6.45, 7) is 3.62. The fourth-order valence-electron chi connectivity index (χ4n) is 2.16. The predicted molar refractivity (Wildman–Crippen MR) is 75.9 cm³/mol. The Kier molecular flexibility index (Phi) is 5.05. The molecule has 6 heteroatoms. The monoisotopic (exact) mass is 302 g/mol. The Morgan fingerprint density at radius 1 is 1.21 bits per heavy atom. The Morgan fingerprint density at radius 2 is 1.89 bits per heavy atom. The maximum Gasteiger partial charge on any atom is 0.255 e. The normalized spacial score (nSPS) is 16.7. The molecule has 1 aromatic carbocycles. The molecule has 4 nitrogen and oxygen atoms in total. The fourth-order valence-corrected chi connectivity index (χ4v) is 2.54. The van der Waals surface area contributed by atoms with Gasteiger partial charge in [0.1, 0.15) is 0 Å². The minimum atomic E-state index is -0.0869. The molecule has 1 aromatic rings. The molecule has 0 radical (unpaired) electrons. The fraction of sp³-hybridized carbons (Fsp3) is 0.462. The van der Waals surface area contributed by atoms with Crippen molar-refractivity contribution in [1.29, 1.82) is 0 Å². The zero-order chi connectivity index (χ0) is 13.8. The zero-order valence-corrected chi connectivity index (χ0v) is 12.0. The number of carbonyl (C=O) groups is 1. The first kappa shape index (κ1) is 14.6. The Labute approximate surface area is 122 Å². The van der Waals surface area contributed by atoms with E-state index in [2.05, 4.69) is 4.90 Å². The SMILES string of the molecule is O=C(c1cccc(Cl)c1Cl)N1CCN(CCO)CC1. The summed E-state index contributed by atoms with van der Waals surface area (Å²) in [7, 11) is 0. The highest BCUT2D eigenvalue weighted by Crippen LogP contribution is 2.26. The quantitative estimate of drug-likeness (QED) is 0.925. The maximum absolute atomic E-state index is 12.4. The average Bonchev–Trinajstić information content (AvgIpc) is 2.42. The molecule has 0 spiro atoms. The first-order valence-corrected chi connectivity index (χ1v) is 6.95. The van der Waals surface area contributed by atoms with E-state index < -0.39 is 0 Å². The number of nitrogens with zero attached hydrogens (tertiary/aromatic N) is 2. The third-order valence-corrected chi connectivity index (χ3v) is 4.08. The molecule has 1 saturated heterocycles. The van der Waals surface area contributed by atoms with Crippen molar-refractivity contribution in [1.82, 2.24) is 9.80 Å². The van der Waals surface area contributed by atoms with Crippen molar-refractivity contribution in [3.05, 3.63) is 33.8 Å². The van der Waals surface area contributed by atoms with Crippen LogP contribution in [0.15, 0.2) is 18.2 Å². The highest BCUT2D eigenvalue weighted by atomic mass is 35.5. The number of carbonyl (C=O) groups excluding carboxylic acids is 1. The highest BCUT2D eigenvalue weighted by molar-refractivity contribution is 6.43. The van der Waals surface area contributed by atoms with Crippen LogP contribution in [-0.4, -0.2) is 60.1 Å². The van der Waals surface area contributed by atoms with Gasteiger partial charge in [-0.1, -0.05) is 29.3 Å². The van der Waals surface area contributed by atoms with Crippen molar-refractivity contribution in [2.75, 3.05) is 39.3 Å². The third-order valence-electron chi connectivity index (χ3n) is 3.26. The molecule has 1 N–H and O–H groups in total. The van der Waals surface area contributed by atoms with Gasteiger partial charge in [-0.05, 0) is 12.1 Å². The summed E-state index contributed by atoms with van der Waals surface area (Å²) < 4.78 is 0. The molecule has 1 heterocycles. The van der Waals surface area contributed by atoms with Gasteiger partial charge in [-0.25, -0.2) is 0 Å². The number of rotatable bonds is 3. The molecule has 0 aliphatic carbocycles. The van der Waals surface area contributed by atoms with Gasteiger partial charge in [-0.15, -0.1) is 0 Å². The molecule has 1 aliphatic heterocycles. The molecular weight excluding hydrogens is 287 g/mol. The predicted octanol–water partition coefficient (Wildman–Crippen LogP) is 1.74. The largest absolute Gasteiger partial charge is 0.395 e. The Bertz CT molecular complexity index is 460. The van der Waals surface area contributed by atoms with E-state index in [1.807, 2.05) is 0 Å². The lowest BCUT2D eigenvalue weighted by molar-refractivity contribution is 0.0615. The van der Waals surface area contributed by atoms with Crippen LogP contribution >= 0.6 is 23.2 Å². The Balaban J connectivity index is 2.03. The van der Waals surface area contributed by atoms with Crippen LogP contribution in [0.2, 0.25) is 10.0 Å². The minimum Gasteiger partial charge on any atom is -0.395 e. The molecule has 104 valence electrons. The molecule has 19 heavy (non-hydrogen) atoms. The summed E-state index contributed by atoms with van der Waals surface area (Å²) in [5.74, 6) is -0.0869. The van der Waals surface area contributed by atoms with E-state index in [4.69, 9.17) is 28.3 Å². The average molecular weight is 303 g/mol. The van der Waals surface area contributed by atoms with Crippen LogP contribution in [0.1, 0.15) is 10.4 Å². The van der Waals surface area contributed by atoms with E-state index in [-0.39, 0.29) is 12.5 Å². The van der Waals surface area contributed by atoms with Gasteiger partial charge in [0.25, 0.3) is 5.91 Å². The summed E-state index contributed by atoms with van der Waals surface area (Å²) in [5, 5.41) is 9.59. The number of β-amino-alcohol motifs (C(OH)–C–C–N with tert-alkyl or cyclic N) is 1. The summed E-state index contributed by atoms with van der Waals surface area (Å²) in [6, 6.07) is 5.08. The number of halogens is 2. The van der Waals surface area contributed by atoms with E-state index in [1.54, 1.807) is 23.1 Å². The summed E-state index contributed by atoms with van der Waals surface area (Å²) in [5.41, 5.74) is 0.449. The van der Waals surface area contributed by atoms with Crippen molar-refractivity contribution in [2.24, 2.45) is 0 Å². The highest BCUT2D eigenvalue weighted by Gasteiger charge is 2.23. The van der Waals surface area contributed by atoms with Crippen LogP contribution in [-0.2, 0) is 0 Å². The van der Waals surface area contributed by atoms with Gasteiger partial charge in [0.2, 0.25) is 0 Å². The first-order valence-electron chi connectivity index (χ1n) is 6.20. The number of hydrogen-bond acceptors (Lipinski definition) is 3. The number of benzene rings is 1. The van der Waals surface area contributed by atoms with Crippen LogP contribution in [0, 0.1) is 0 Å². The molecule has 0 aromatic heterocycles. The second-order valence-corrected chi connectivity index (χ2v) is 5.24. The summed E-state index contributed by atoms with van der Waals surface area (Å²) >= 11 is 12.0. The lowest BCUT2D eigenvalue weighted by atomic mass is 10.2. The number of aliphatic hydroxyl groups is 1. The second-order valence-electron chi connectivity index (χ2n) is 4.46. The van der Waals surface area contributed by atoms with Gasteiger partial charge in [0.15, 0.2) is 0 Å². The van der Waals surface area contributed by atoms with Crippen LogP contribution < -0.4 is 0 Å². The molecule has 0 atom stereocenters. The lowest BCUT2D eigenvalue weighted by Gasteiger charge is -2.34. The molecule has 0 saturated carbocycles. The van der Waals surface area contributed by atoms with Crippen molar-refractivity contribution < 1.29 is 9.90 Å². The maximum atomic E-state index is 12.4. The molecule has 1 fully saturated rings. The number of hydrogen-bond donors (Lipinski definition) is 1. The van der Waals surface area contributed by atoms with Crippen molar-refractivity contribution in [3.8, 4) is 0 Å². The number of aliphatic hydroxyl groups excluding tert-OH is 1. The van der Waals surface area contributed by atoms with Crippen LogP contribution in [0.5, 0.6) is 0 Å². The number of piperazine rings is 1. The Hall–Kier alpha value is -0.810. The number of amides is 1. The molecular formula is C13H16Cl2N2O2. The minimum absolute atomic E-state index is 0.0869. The molecule has 2 rings (SSSR count). The van der Waals surface area contributed by atoms with E-state index in [0.29, 0.717) is 35.2 Å². The van der Waals surface area contributed by atoms with Gasteiger partial charge in [0, 0.05) is 32.7 Å². The van der Waals surface area contributed by atoms with E-state index in [0.717, 1.165) is 13.1 Å². The van der Waals surface area contributed by atoms with E-state index in [1.165, 1.54) is 0 Å². The molecule has 1 amide bonds. The lowest BCUT2D eigenvalue weighted by Crippen LogP contribution is -2.49.